The Hall–Kier alpha value is -1.41. The Bertz CT molecular complexity index is 334. The van der Waals surface area contributed by atoms with E-state index in [-0.39, 0.29) is 12.3 Å². The average Bonchev–Trinajstić information content (AvgIpc) is 2.07. The molecule has 0 aliphatic carbocycles. The van der Waals surface area contributed by atoms with Gasteiger partial charge in [-0.1, -0.05) is 0 Å². The summed E-state index contributed by atoms with van der Waals surface area (Å²) in [5, 5.41) is 0. The van der Waals surface area contributed by atoms with Crippen molar-refractivity contribution in [3.05, 3.63) is 0 Å². The van der Waals surface area contributed by atoms with E-state index >= 15 is 0 Å². The molecule has 7 nitrogen and oxygen atoms in total. The Kier molecular flexibility index (Phi) is 4.85. The monoisotopic (exact) mass is 276 g/mol. The molecule has 0 spiro atoms. The molecule has 0 aromatic heterocycles. The van der Waals surface area contributed by atoms with Crippen LogP contribution in [0, 0.1) is 5.92 Å². The molecule has 0 amide bonds. The highest BCUT2D eigenvalue weighted by Gasteiger charge is 2.46. The van der Waals surface area contributed by atoms with Crippen LogP contribution in [0.1, 0.15) is 20.3 Å². The minimum atomic E-state index is -3.58. The Labute approximate surface area is 106 Å². The van der Waals surface area contributed by atoms with Crippen molar-refractivity contribution in [3.8, 4) is 0 Å². The van der Waals surface area contributed by atoms with Gasteiger partial charge in [0.2, 0.25) is 0 Å². The van der Waals surface area contributed by atoms with Crippen molar-refractivity contribution in [2.45, 2.75) is 26.8 Å². The number of rotatable bonds is 5. The minimum Gasteiger partial charge on any atom is -0.455 e. The van der Waals surface area contributed by atoms with Gasteiger partial charge in [-0.15, -0.1) is 0 Å². The molecule has 1 fully saturated rings. The molecular weight excluding hydrogens is 260 g/mol. The second kappa shape index (κ2) is 5.96. The second-order valence-corrected chi connectivity index (χ2v) is 6.47. The van der Waals surface area contributed by atoms with Gasteiger partial charge in [-0.2, -0.15) is 0 Å². The number of ether oxygens (including phenoxy) is 1. The molecule has 102 valence electrons. The van der Waals surface area contributed by atoms with E-state index in [0.29, 0.717) is 13.2 Å². The van der Waals surface area contributed by atoms with E-state index in [1.54, 1.807) is 0 Å². The zero-order chi connectivity index (χ0) is 13.8. The van der Waals surface area contributed by atoms with Crippen LogP contribution in [-0.4, -0.2) is 39.9 Å². The molecule has 18 heavy (non-hydrogen) atoms. The van der Waals surface area contributed by atoms with E-state index in [0.717, 1.165) is 13.8 Å². The molecule has 1 aliphatic heterocycles. The van der Waals surface area contributed by atoms with Gasteiger partial charge >= 0.3 is 8.80 Å². The molecule has 0 atom stereocenters. The number of carbonyl (C=O) groups excluding carboxylic acids is 3. The van der Waals surface area contributed by atoms with E-state index in [1.165, 1.54) is 6.55 Å². The second-order valence-electron chi connectivity index (χ2n) is 4.13. The third-order valence-electron chi connectivity index (χ3n) is 2.12. The van der Waals surface area contributed by atoms with Gasteiger partial charge in [0.1, 0.15) is 0 Å². The fourth-order valence-electron chi connectivity index (χ4n) is 1.47. The normalized spacial score (nSPS) is 15.5. The molecule has 0 radical (unpaired) electrons. The van der Waals surface area contributed by atoms with Gasteiger partial charge in [0.15, 0.2) is 0 Å². The van der Waals surface area contributed by atoms with Gasteiger partial charge in [-0.3, -0.25) is 14.4 Å². The van der Waals surface area contributed by atoms with E-state index in [9.17, 15) is 14.4 Å². The summed E-state index contributed by atoms with van der Waals surface area (Å²) in [7, 11) is -3.58. The third kappa shape index (κ3) is 4.84. The van der Waals surface area contributed by atoms with Gasteiger partial charge in [-0.05, 0) is 0 Å². The van der Waals surface area contributed by atoms with Crippen LogP contribution in [-0.2, 0) is 32.4 Å². The maximum Gasteiger partial charge on any atom is 0.701 e. The SMILES string of the molecule is CC(=O)O[Si](C)(OC(C)=O)OC(=O)CC1COC1. The number of hydrogen-bond acceptors (Lipinski definition) is 7. The molecule has 0 N–H and O–H groups in total. The lowest BCUT2D eigenvalue weighted by Gasteiger charge is -2.27. The van der Waals surface area contributed by atoms with E-state index in [4.69, 9.17) is 18.0 Å². The quantitative estimate of drug-likeness (QED) is 0.665. The number of hydrogen-bond donors (Lipinski definition) is 0. The Balaban J connectivity index is 2.55. The van der Waals surface area contributed by atoms with Crippen molar-refractivity contribution < 1.29 is 32.4 Å². The first kappa shape index (κ1) is 14.6. The summed E-state index contributed by atoms with van der Waals surface area (Å²) in [5.41, 5.74) is 0. The van der Waals surface area contributed by atoms with E-state index in [1.807, 2.05) is 0 Å². The molecule has 0 bridgehead atoms. The lowest BCUT2D eigenvalue weighted by Crippen LogP contribution is -2.47. The molecule has 8 heteroatoms. The van der Waals surface area contributed by atoms with Gasteiger partial charge < -0.3 is 18.0 Å². The topological polar surface area (TPSA) is 88.1 Å². The highest BCUT2D eigenvalue weighted by atomic mass is 28.4. The van der Waals surface area contributed by atoms with E-state index < -0.39 is 26.7 Å². The minimum absolute atomic E-state index is 0.116. The fourth-order valence-corrected chi connectivity index (χ4v) is 3.14. The van der Waals surface area contributed by atoms with Crippen molar-refractivity contribution >= 4 is 26.7 Å². The highest BCUT2D eigenvalue weighted by Crippen LogP contribution is 2.18. The lowest BCUT2D eigenvalue weighted by atomic mass is 10.1. The largest absolute Gasteiger partial charge is 0.701 e. The molecule has 1 rings (SSSR count). The van der Waals surface area contributed by atoms with E-state index in [2.05, 4.69) is 0 Å². The van der Waals surface area contributed by atoms with Crippen LogP contribution in [0.15, 0.2) is 0 Å². The molecule has 1 heterocycles. The maximum absolute atomic E-state index is 11.6. The first-order valence-electron chi connectivity index (χ1n) is 5.49. The summed E-state index contributed by atoms with van der Waals surface area (Å²) < 4.78 is 19.6. The first-order valence-corrected chi connectivity index (χ1v) is 7.72. The third-order valence-corrected chi connectivity index (χ3v) is 4.03. The summed E-state index contributed by atoms with van der Waals surface area (Å²) in [6, 6.07) is 0. The van der Waals surface area contributed by atoms with Crippen LogP contribution in [0.2, 0.25) is 6.55 Å². The van der Waals surface area contributed by atoms with Gasteiger partial charge in [-0.25, -0.2) is 0 Å². The summed E-state index contributed by atoms with van der Waals surface area (Å²) in [4.78, 5) is 33.4. The molecule has 0 unspecified atom stereocenters. The summed E-state index contributed by atoms with van der Waals surface area (Å²) in [6.07, 6.45) is 0.158. The Morgan fingerprint density at radius 3 is 1.94 bits per heavy atom. The van der Waals surface area contributed by atoms with Crippen molar-refractivity contribution in [3.63, 3.8) is 0 Å². The predicted molar refractivity (Wildman–Crippen MR) is 60.2 cm³/mol. The smallest absolute Gasteiger partial charge is 0.455 e. The molecular formula is C10H16O7Si. The molecule has 0 aromatic carbocycles. The zero-order valence-corrected chi connectivity index (χ0v) is 11.6. The van der Waals surface area contributed by atoms with Crippen LogP contribution in [0.5, 0.6) is 0 Å². The zero-order valence-electron chi connectivity index (χ0n) is 10.6. The van der Waals surface area contributed by atoms with Crippen molar-refractivity contribution in [1.29, 1.82) is 0 Å². The molecule has 1 saturated heterocycles. The van der Waals surface area contributed by atoms with Crippen LogP contribution in [0.3, 0.4) is 0 Å². The Morgan fingerprint density at radius 1 is 1.11 bits per heavy atom. The average molecular weight is 276 g/mol. The lowest BCUT2D eigenvalue weighted by molar-refractivity contribution is -0.151. The maximum atomic E-state index is 11.6. The van der Waals surface area contributed by atoms with Crippen LogP contribution in [0.4, 0.5) is 0 Å². The van der Waals surface area contributed by atoms with Gasteiger partial charge in [0.05, 0.1) is 19.6 Å². The Morgan fingerprint density at radius 2 is 1.61 bits per heavy atom. The summed E-state index contributed by atoms with van der Waals surface area (Å²) in [5.74, 6) is -1.76. The predicted octanol–water partition coefficient (Wildman–Crippen LogP) is 0.261. The standard InChI is InChI=1S/C10H16O7Si/c1-7(11)15-18(3,16-8(2)12)17-10(13)4-9-5-14-6-9/h9H,4-6H2,1-3H3. The van der Waals surface area contributed by atoms with Crippen molar-refractivity contribution in [1.82, 2.24) is 0 Å². The fraction of sp³-hybridized carbons (Fsp3) is 0.700. The highest BCUT2D eigenvalue weighted by molar-refractivity contribution is 6.64. The van der Waals surface area contributed by atoms with Gasteiger partial charge in [0.25, 0.3) is 17.9 Å². The van der Waals surface area contributed by atoms with Crippen LogP contribution < -0.4 is 0 Å². The molecule has 0 saturated carbocycles. The van der Waals surface area contributed by atoms with Crippen LogP contribution >= 0.6 is 0 Å². The molecule has 0 aromatic rings. The number of carbonyl (C=O) groups is 3. The van der Waals surface area contributed by atoms with Crippen molar-refractivity contribution in [2.75, 3.05) is 13.2 Å². The van der Waals surface area contributed by atoms with Gasteiger partial charge in [0, 0.05) is 26.3 Å². The van der Waals surface area contributed by atoms with Crippen molar-refractivity contribution in [2.24, 2.45) is 5.92 Å². The summed E-state index contributed by atoms with van der Waals surface area (Å²) >= 11 is 0. The summed E-state index contributed by atoms with van der Waals surface area (Å²) in [6.45, 7) is 4.65. The van der Waals surface area contributed by atoms with Crippen LogP contribution in [0.25, 0.3) is 0 Å². The molecule has 1 aliphatic rings. The first-order chi connectivity index (χ1) is 8.31.